The number of methoxy groups -OCH3 is 1. The van der Waals surface area contributed by atoms with E-state index in [9.17, 15) is 8.96 Å². The second-order valence-corrected chi connectivity index (χ2v) is 6.58. The summed E-state index contributed by atoms with van der Waals surface area (Å²) in [5, 5.41) is 0. The first-order valence-corrected chi connectivity index (χ1v) is 7.14. The first kappa shape index (κ1) is 13.2. The van der Waals surface area contributed by atoms with Crippen LogP contribution in [-0.4, -0.2) is 59.3 Å². The third kappa shape index (κ3) is 3.56. The smallest absolute Gasteiger partial charge is 0.197 e. The molecule has 0 saturated carbocycles. The van der Waals surface area contributed by atoms with Crippen molar-refractivity contribution in [3.05, 3.63) is 0 Å². The van der Waals surface area contributed by atoms with E-state index in [-0.39, 0.29) is 6.61 Å². The Morgan fingerprint density at radius 3 is 2.60 bits per heavy atom. The van der Waals surface area contributed by atoms with Gasteiger partial charge in [0.1, 0.15) is 26.2 Å². The maximum Gasteiger partial charge on any atom is 0.197 e. The fourth-order valence-corrected chi connectivity index (χ4v) is 2.30. The van der Waals surface area contributed by atoms with Crippen molar-refractivity contribution in [2.45, 2.75) is 24.4 Å². The number of alkyl halides is 1. The van der Waals surface area contributed by atoms with Gasteiger partial charge in [0.2, 0.25) is 0 Å². The molecule has 1 aliphatic heterocycles. The molecule has 1 saturated heterocycles. The highest BCUT2D eigenvalue weighted by molar-refractivity contribution is 7.57. The molecule has 7 heteroatoms. The molecule has 0 bridgehead atoms. The van der Waals surface area contributed by atoms with Crippen LogP contribution in [0.5, 0.6) is 0 Å². The third-order valence-electron chi connectivity index (χ3n) is 2.03. The lowest BCUT2D eigenvalue weighted by atomic mass is 9.94. The van der Waals surface area contributed by atoms with Crippen molar-refractivity contribution in [3.63, 3.8) is 0 Å². The van der Waals surface area contributed by atoms with E-state index in [0.29, 0.717) is 0 Å². The maximum atomic E-state index is 13.5. The van der Waals surface area contributed by atoms with Crippen molar-refractivity contribution >= 4 is 15.2 Å². The van der Waals surface area contributed by atoms with E-state index in [0.717, 1.165) is 0 Å². The van der Waals surface area contributed by atoms with Gasteiger partial charge in [0.25, 0.3) is 0 Å². The van der Waals surface area contributed by atoms with Crippen LogP contribution in [0.3, 0.4) is 0 Å². The van der Waals surface area contributed by atoms with Crippen LogP contribution in [-0.2, 0) is 18.6 Å². The summed E-state index contributed by atoms with van der Waals surface area (Å²) < 4.78 is 40.1. The SMILES string of the molecule is [B][C@@H]1O[C@H](COC)C(OP(C)(C)=O)[C@@H]1F. The topological polar surface area (TPSA) is 44.8 Å². The first-order chi connectivity index (χ1) is 6.85. The number of hydrogen-bond acceptors (Lipinski definition) is 4. The van der Waals surface area contributed by atoms with Crippen molar-refractivity contribution in [3.8, 4) is 0 Å². The molecule has 0 aromatic rings. The van der Waals surface area contributed by atoms with Crippen LogP contribution in [0.1, 0.15) is 0 Å². The number of rotatable bonds is 4. The highest BCUT2D eigenvalue weighted by atomic mass is 31.2. The fraction of sp³-hybridized carbons (Fsp3) is 1.00. The average molecular weight is 236 g/mol. The number of ether oxygens (including phenoxy) is 2. The quantitative estimate of drug-likeness (QED) is 0.534. The average Bonchev–Trinajstić information content (AvgIpc) is 2.32. The van der Waals surface area contributed by atoms with Crippen molar-refractivity contribution < 1.29 is 23.0 Å². The summed E-state index contributed by atoms with van der Waals surface area (Å²) in [7, 11) is 4.08. The summed E-state index contributed by atoms with van der Waals surface area (Å²) in [5.41, 5.74) is 0. The largest absolute Gasteiger partial charge is 0.382 e. The Hall–Kier alpha value is 0.105. The summed E-state index contributed by atoms with van der Waals surface area (Å²) in [6.07, 6.45) is -2.99. The van der Waals surface area contributed by atoms with E-state index in [1.165, 1.54) is 20.4 Å². The molecule has 4 nitrogen and oxygen atoms in total. The van der Waals surface area contributed by atoms with E-state index in [1.807, 2.05) is 0 Å². The van der Waals surface area contributed by atoms with Gasteiger partial charge >= 0.3 is 0 Å². The molecule has 0 aromatic carbocycles. The minimum Gasteiger partial charge on any atom is -0.382 e. The molecule has 0 spiro atoms. The van der Waals surface area contributed by atoms with Gasteiger partial charge in [-0.25, -0.2) is 4.39 Å². The van der Waals surface area contributed by atoms with Gasteiger partial charge in [-0.3, -0.25) is 4.57 Å². The van der Waals surface area contributed by atoms with Crippen molar-refractivity contribution in [2.24, 2.45) is 0 Å². The monoisotopic (exact) mass is 236 g/mol. The summed E-state index contributed by atoms with van der Waals surface area (Å²) in [6, 6.07) is -1.04. The van der Waals surface area contributed by atoms with Gasteiger partial charge in [0, 0.05) is 20.4 Å². The standard InChI is InChI=1S/C8H15BFO4P/c1-12-4-5-7(14-15(2,3)11)6(10)8(9)13-5/h5-8H,4H2,1-3H3/t5-,6+,7?,8-/m1/s1. The summed E-state index contributed by atoms with van der Waals surface area (Å²) in [5.74, 6) is 0. The molecular formula is C8H15BFO4P. The Morgan fingerprint density at radius 1 is 1.53 bits per heavy atom. The van der Waals surface area contributed by atoms with Gasteiger partial charge < -0.3 is 14.0 Å². The Labute approximate surface area is 90.3 Å². The molecule has 0 amide bonds. The van der Waals surface area contributed by atoms with Crippen LogP contribution in [0.2, 0.25) is 0 Å². The molecule has 0 aromatic heterocycles. The molecular weight excluding hydrogens is 221 g/mol. The number of hydrogen-bond donors (Lipinski definition) is 0. The van der Waals surface area contributed by atoms with Gasteiger partial charge in [-0.15, -0.1) is 0 Å². The van der Waals surface area contributed by atoms with E-state index in [1.54, 1.807) is 0 Å². The van der Waals surface area contributed by atoms with Crippen molar-refractivity contribution in [1.29, 1.82) is 0 Å². The zero-order valence-electron chi connectivity index (χ0n) is 9.05. The molecule has 1 aliphatic rings. The van der Waals surface area contributed by atoms with Crippen LogP contribution in [0.25, 0.3) is 0 Å². The molecule has 2 radical (unpaired) electrons. The maximum absolute atomic E-state index is 13.5. The minimum atomic E-state index is -2.77. The first-order valence-electron chi connectivity index (χ1n) is 4.62. The lowest BCUT2D eigenvalue weighted by Gasteiger charge is -2.21. The van der Waals surface area contributed by atoms with Gasteiger partial charge in [0.15, 0.2) is 7.37 Å². The molecule has 15 heavy (non-hydrogen) atoms. The zero-order chi connectivity index (χ0) is 11.6. The molecule has 4 atom stereocenters. The van der Waals surface area contributed by atoms with E-state index < -0.39 is 31.8 Å². The molecule has 1 unspecified atom stereocenters. The van der Waals surface area contributed by atoms with Gasteiger partial charge in [-0.1, -0.05) is 0 Å². The Morgan fingerprint density at radius 2 is 2.13 bits per heavy atom. The molecule has 86 valence electrons. The second-order valence-electron chi connectivity index (χ2n) is 3.86. The summed E-state index contributed by atoms with van der Waals surface area (Å²) in [6.45, 7) is 3.01. The minimum absolute atomic E-state index is 0.165. The van der Waals surface area contributed by atoms with Crippen LogP contribution < -0.4 is 0 Å². The fourth-order valence-electron chi connectivity index (χ4n) is 1.46. The van der Waals surface area contributed by atoms with Gasteiger partial charge in [0.05, 0.1) is 12.6 Å². The molecule has 1 heterocycles. The third-order valence-corrected chi connectivity index (χ3v) is 2.78. The van der Waals surface area contributed by atoms with Crippen LogP contribution in [0.15, 0.2) is 0 Å². The highest BCUT2D eigenvalue weighted by Crippen LogP contribution is 2.43. The molecule has 0 N–H and O–H groups in total. The number of halogens is 1. The molecule has 1 rings (SSSR count). The van der Waals surface area contributed by atoms with E-state index in [4.69, 9.17) is 21.8 Å². The van der Waals surface area contributed by atoms with E-state index >= 15 is 0 Å². The predicted octanol–water partition coefficient (Wildman–Crippen LogP) is 0.787. The second kappa shape index (κ2) is 4.96. The lowest BCUT2D eigenvalue weighted by molar-refractivity contribution is -0.00988. The molecule has 1 fully saturated rings. The Bertz CT molecular complexity index is 259. The van der Waals surface area contributed by atoms with Crippen molar-refractivity contribution in [1.82, 2.24) is 0 Å². The normalized spacial score (nSPS) is 37.1. The van der Waals surface area contributed by atoms with E-state index in [2.05, 4.69) is 0 Å². The molecule has 0 aliphatic carbocycles. The van der Waals surface area contributed by atoms with Crippen LogP contribution in [0, 0.1) is 0 Å². The summed E-state index contributed by atoms with van der Waals surface area (Å²) >= 11 is 0. The van der Waals surface area contributed by atoms with Crippen molar-refractivity contribution in [2.75, 3.05) is 27.0 Å². The Balaban J connectivity index is 2.68. The Kier molecular flexibility index (Phi) is 4.35. The summed E-state index contributed by atoms with van der Waals surface area (Å²) in [4.78, 5) is 0. The lowest BCUT2D eigenvalue weighted by Crippen LogP contribution is -2.33. The van der Waals surface area contributed by atoms with Gasteiger partial charge in [-0.05, 0) is 0 Å². The highest BCUT2D eigenvalue weighted by Gasteiger charge is 2.44. The zero-order valence-corrected chi connectivity index (χ0v) is 9.95. The van der Waals surface area contributed by atoms with Crippen LogP contribution in [0.4, 0.5) is 4.39 Å². The van der Waals surface area contributed by atoms with Gasteiger partial charge in [-0.2, -0.15) is 0 Å². The predicted molar refractivity (Wildman–Crippen MR) is 55.5 cm³/mol. The van der Waals surface area contributed by atoms with Crippen LogP contribution >= 0.6 is 7.37 Å².